The van der Waals surface area contributed by atoms with Crippen LogP contribution >= 0.6 is 11.3 Å². The number of nitrogens with zero attached hydrogens (tertiary/aromatic N) is 3. The molecule has 1 N–H and O–H groups in total. The second kappa shape index (κ2) is 7.81. The summed E-state index contributed by atoms with van der Waals surface area (Å²) in [7, 11) is -3.31. The Labute approximate surface area is 176 Å². The van der Waals surface area contributed by atoms with Crippen molar-refractivity contribution in [1.82, 2.24) is 15.1 Å². The molecular weight excluding hydrogens is 424 g/mol. The van der Waals surface area contributed by atoms with Crippen LogP contribution in [0.3, 0.4) is 0 Å². The maximum absolute atomic E-state index is 12.8. The van der Waals surface area contributed by atoms with Crippen LogP contribution in [0.4, 0.5) is 5.13 Å². The molecule has 0 saturated heterocycles. The molecule has 0 radical (unpaired) electrons. The normalized spacial score (nSPS) is 11.4. The first-order chi connectivity index (χ1) is 14.3. The number of nitrogens with one attached hydrogen (secondary N) is 1. The number of carbonyl (C=O) groups is 1. The summed E-state index contributed by atoms with van der Waals surface area (Å²) < 4.78 is 28.2. The van der Waals surface area contributed by atoms with E-state index in [-0.39, 0.29) is 10.5 Å². The lowest BCUT2D eigenvalue weighted by molar-refractivity contribution is 0.102. The summed E-state index contributed by atoms with van der Waals surface area (Å²) in [6, 6.07) is 9.88. The molecule has 0 spiro atoms. The van der Waals surface area contributed by atoms with Gasteiger partial charge in [-0.1, -0.05) is 23.4 Å². The van der Waals surface area contributed by atoms with Crippen LogP contribution in [0.1, 0.15) is 15.9 Å². The van der Waals surface area contributed by atoms with E-state index in [2.05, 4.69) is 20.4 Å². The van der Waals surface area contributed by atoms with Crippen LogP contribution < -0.4 is 5.32 Å². The summed E-state index contributed by atoms with van der Waals surface area (Å²) >= 11 is 1.28. The van der Waals surface area contributed by atoms with Crippen molar-refractivity contribution >= 4 is 32.2 Å². The summed E-state index contributed by atoms with van der Waals surface area (Å²) in [4.78, 5) is 21.7. The van der Waals surface area contributed by atoms with E-state index in [1.807, 2.05) is 24.4 Å². The highest BCUT2D eigenvalue weighted by Crippen LogP contribution is 2.28. The highest BCUT2D eigenvalue weighted by molar-refractivity contribution is 7.90. The van der Waals surface area contributed by atoms with E-state index in [1.165, 1.54) is 29.7 Å². The first kappa shape index (κ1) is 19.9. The first-order valence-electron chi connectivity index (χ1n) is 8.76. The highest BCUT2D eigenvalue weighted by atomic mass is 32.2. The van der Waals surface area contributed by atoms with Gasteiger partial charge in [-0.05, 0) is 30.7 Å². The van der Waals surface area contributed by atoms with E-state index < -0.39 is 15.7 Å². The second-order valence-corrected chi connectivity index (χ2v) is 9.41. The van der Waals surface area contributed by atoms with Crippen LogP contribution in [-0.2, 0) is 9.84 Å². The number of thiazole rings is 1. The molecule has 0 aliphatic rings. The average molecular weight is 441 g/mol. The van der Waals surface area contributed by atoms with E-state index in [4.69, 9.17) is 4.52 Å². The number of rotatable bonds is 5. The summed E-state index contributed by atoms with van der Waals surface area (Å²) in [5, 5.41) is 8.88. The number of hydrogen-bond donors (Lipinski definition) is 1. The molecule has 3 aromatic heterocycles. The monoisotopic (exact) mass is 440 g/mol. The number of hydrogen-bond acceptors (Lipinski definition) is 8. The van der Waals surface area contributed by atoms with Gasteiger partial charge in [0.2, 0.25) is 0 Å². The number of sulfone groups is 1. The number of carbonyl (C=O) groups excluding carboxylic acids is 1. The topological polar surface area (TPSA) is 115 Å². The van der Waals surface area contributed by atoms with Gasteiger partial charge in [0.25, 0.3) is 5.91 Å². The molecular formula is C20H16N4O4S2. The molecule has 0 aliphatic carbocycles. The lowest BCUT2D eigenvalue weighted by Gasteiger charge is -2.03. The third-order valence-corrected chi connectivity index (χ3v) is 6.23. The Hall–Kier alpha value is -3.37. The summed E-state index contributed by atoms with van der Waals surface area (Å²) in [6.45, 7) is 1.94. The summed E-state index contributed by atoms with van der Waals surface area (Å²) in [5.74, 6) is -0.433. The smallest absolute Gasteiger partial charge is 0.263 e. The van der Waals surface area contributed by atoms with Gasteiger partial charge >= 0.3 is 0 Å². The van der Waals surface area contributed by atoms with Crippen molar-refractivity contribution < 1.29 is 17.7 Å². The molecule has 4 rings (SSSR count). The van der Waals surface area contributed by atoms with Crippen LogP contribution in [0, 0.1) is 6.92 Å². The van der Waals surface area contributed by atoms with Gasteiger partial charge in [0.1, 0.15) is 23.2 Å². The standard InChI is InChI=1S/C20H16N4O4S2/c1-12-4-3-9-21-17(12)16-11-29-20(22-16)23-19(25)15-10-28-24-18(15)13-5-7-14(8-6-13)30(2,26)27/h3-11H,1-2H3,(H,22,23,25). The highest BCUT2D eigenvalue weighted by Gasteiger charge is 2.20. The van der Waals surface area contributed by atoms with Gasteiger partial charge in [0.15, 0.2) is 15.0 Å². The van der Waals surface area contributed by atoms with Crippen molar-refractivity contribution in [2.24, 2.45) is 0 Å². The Morgan fingerprint density at radius 1 is 1.13 bits per heavy atom. The van der Waals surface area contributed by atoms with Gasteiger partial charge in [0, 0.05) is 23.4 Å². The van der Waals surface area contributed by atoms with Gasteiger partial charge in [-0.3, -0.25) is 15.1 Å². The molecule has 30 heavy (non-hydrogen) atoms. The van der Waals surface area contributed by atoms with Gasteiger partial charge in [-0.25, -0.2) is 13.4 Å². The van der Waals surface area contributed by atoms with Gasteiger partial charge < -0.3 is 4.52 Å². The fourth-order valence-corrected chi connectivity index (χ4v) is 4.14. The summed E-state index contributed by atoms with van der Waals surface area (Å²) in [5.41, 5.74) is 3.50. The Kier molecular flexibility index (Phi) is 5.18. The maximum atomic E-state index is 12.8. The zero-order valence-electron chi connectivity index (χ0n) is 16.0. The third-order valence-electron chi connectivity index (χ3n) is 4.35. The molecule has 0 unspecified atom stereocenters. The lowest BCUT2D eigenvalue weighted by Crippen LogP contribution is -2.12. The number of anilines is 1. The van der Waals surface area contributed by atoms with Crippen molar-refractivity contribution in [3.8, 4) is 22.6 Å². The van der Waals surface area contributed by atoms with Crippen molar-refractivity contribution in [3.05, 3.63) is 65.4 Å². The molecule has 10 heteroatoms. The fraction of sp³-hybridized carbons (Fsp3) is 0.100. The first-order valence-corrected chi connectivity index (χ1v) is 11.5. The maximum Gasteiger partial charge on any atom is 0.263 e. The molecule has 0 aliphatic heterocycles. The molecule has 8 nitrogen and oxygen atoms in total. The van der Waals surface area contributed by atoms with E-state index in [9.17, 15) is 13.2 Å². The largest absolute Gasteiger partial charge is 0.363 e. The minimum atomic E-state index is -3.31. The van der Waals surface area contributed by atoms with E-state index in [0.717, 1.165) is 17.5 Å². The second-order valence-electron chi connectivity index (χ2n) is 6.53. The minimum Gasteiger partial charge on any atom is -0.363 e. The molecule has 0 fully saturated rings. The zero-order valence-corrected chi connectivity index (χ0v) is 17.6. The van der Waals surface area contributed by atoms with Crippen molar-refractivity contribution in [1.29, 1.82) is 0 Å². The number of benzene rings is 1. The molecule has 1 aromatic carbocycles. The van der Waals surface area contributed by atoms with Gasteiger partial charge in [-0.2, -0.15) is 0 Å². The van der Waals surface area contributed by atoms with Gasteiger partial charge in [-0.15, -0.1) is 11.3 Å². The number of aryl methyl sites for hydroxylation is 1. The van der Waals surface area contributed by atoms with Crippen LogP contribution in [0.25, 0.3) is 22.6 Å². The van der Waals surface area contributed by atoms with Crippen molar-refractivity contribution in [2.75, 3.05) is 11.6 Å². The number of pyridine rings is 1. The summed E-state index contributed by atoms with van der Waals surface area (Å²) in [6.07, 6.45) is 4.07. The van der Waals surface area contributed by atoms with Crippen LogP contribution in [0.15, 0.2) is 63.7 Å². The number of amides is 1. The van der Waals surface area contributed by atoms with E-state index in [0.29, 0.717) is 22.1 Å². The molecule has 0 saturated carbocycles. The average Bonchev–Trinajstić information content (AvgIpc) is 3.37. The van der Waals surface area contributed by atoms with E-state index in [1.54, 1.807) is 18.3 Å². The van der Waals surface area contributed by atoms with Crippen molar-refractivity contribution in [2.45, 2.75) is 11.8 Å². The molecule has 4 aromatic rings. The predicted octanol–water partition coefficient (Wildman–Crippen LogP) is 3.82. The molecule has 152 valence electrons. The van der Waals surface area contributed by atoms with Crippen LogP contribution in [-0.4, -0.2) is 35.7 Å². The quantitative estimate of drug-likeness (QED) is 0.501. The SMILES string of the molecule is Cc1cccnc1-c1csc(NC(=O)c2conc2-c2ccc(S(C)(=O)=O)cc2)n1. The Morgan fingerprint density at radius 2 is 1.90 bits per heavy atom. The lowest BCUT2D eigenvalue weighted by atomic mass is 10.1. The van der Waals surface area contributed by atoms with E-state index >= 15 is 0 Å². The van der Waals surface area contributed by atoms with Crippen molar-refractivity contribution in [3.63, 3.8) is 0 Å². The molecule has 0 bridgehead atoms. The minimum absolute atomic E-state index is 0.181. The Balaban J connectivity index is 1.56. The molecule has 1 amide bonds. The Bertz CT molecular complexity index is 1320. The molecule has 0 atom stereocenters. The third kappa shape index (κ3) is 4.00. The fourth-order valence-electron chi connectivity index (χ4n) is 2.82. The Morgan fingerprint density at radius 3 is 2.60 bits per heavy atom. The number of aromatic nitrogens is 3. The van der Waals surface area contributed by atoms with Gasteiger partial charge in [0.05, 0.1) is 10.6 Å². The van der Waals surface area contributed by atoms with Crippen LogP contribution in [0.5, 0.6) is 0 Å². The predicted molar refractivity (Wildman–Crippen MR) is 113 cm³/mol. The molecule has 3 heterocycles. The van der Waals surface area contributed by atoms with Crippen LogP contribution in [0.2, 0.25) is 0 Å². The zero-order chi connectivity index (χ0) is 21.3.